The second-order valence-electron chi connectivity index (χ2n) is 5.81. The minimum atomic E-state index is -0.602. The van der Waals surface area contributed by atoms with Gasteiger partial charge in [-0.05, 0) is 34.6 Å². The Morgan fingerprint density at radius 3 is 2.41 bits per heavy atom. The highest BCUT2D eigenvalue weighted by Gasteiger charge is 2.26. The van der Waals surface area contributed by atoms with Crippen LogP contribution in [0.3, 0.4) is 0 Å². The van der Waals surface area contributed by atoms with Crippen molar-refractivity contribution in [1.82, 2.24) is 15.3 Å². The molecule has 0 fully saturated rings. The van der Waals surface area contributed by atoms with Crippen LogP contribution in [0.15, 0.2) is 59.4 Å². The van der Waals surface area contributed by atoms with E-state index in [0.717, 1.165) is 0 Å². The van der Waals surface area contributed by atoms with Gasteiger partial charge in [-0.1, -0.05) is 12.1 Å². The number of nitro benzene ring substituents is 2. The second-order valence-corrected chi connectivity index (χ2v) is 5.81. The van der Waals surface area contributed by atoms with E-state index in [1.54, 1.807) is 24.3 Å². The average Bonchev–Trinajstić information content (AvgIpc) is 3.18. The van der Waals surface area contributed by atoms with E-state index in [1.165, 1.54) is 30.5 Å². The van der Waals surface area contributed by atoms with Crippen molar-refractivity contribution in [3.8, 4) is 0 Å². The van der Waals surface area contributed by atoms with Crippen molar-refractivity contribution in [2.75, 3.05) is 10.6 Å². The van der Waals surface area contributed by atoms with Gasteiger partial charge >= 0.3 is 5.69 Å². The molecule has 4 aromatic rings. The lowest BCUT2D eigenvalue weighted by molar-refractivity contribution is -0.384. The smallest absolute Gasteiger partial charge is 0.324 e. The van der Waals surface area contributed by atoms with Gasteiger partial charge in [-0.3, -0.25) is 20.2 Å². The molecule has 0 saturated carbocycles. The normalized spacial score (nSPS) is 10.6. The van der Waals surface area contributed by atoms with Crippen LogP contribution in [0.1, 0.15) is 0 Å². The zero-order valence-electron chi connectivity index (χ0n) is 14.5. The maximum atomic E-state index is 11.7. The monoisotopic (exact) mass is 393 g/mol. The Morgan fingerprint density at radius 2 is 1.69 bits per heavy atom. The van der Waals surface area contributed by atoms with Crippen molar-refractivity contribution in [3.05, 3.63) is 75.0 Å². The highest BCUT2D eigenvalue weighted by atomic mass is 16.6. The lowest BCUT2D eigenvalue weighted by Gasteiger charge is -2.11. The van der Waals surface area contributed by atoms with E-state index in [4.69, 9.17) is 4.63 Å². The SMILES string of the molecule is O=[N+]([O-])c1cccc(Nc2cc(Nc3ccccn3)c([N+](=O)[O-])c3nonc23)c1. The number of hydrogen-bond acceptors (Lipinski definition) is 10. The average molecular weight is 393 g/mol. The summed E-state index contributed by atoms with van der Waals surface area (Å²) in [7, 11) is 0. The number of fused-ring (bicyclic) bond motifs is 1. The molecular weight excluding hydrogens is 382 g/mol. The summed E-state index contributed by atoms with van der Waals surface area (Å²) in [6, 6.07) is 12.3. The standard InChI is InChI=1S/C17H11N7O5/c25-23(26)11-5-3-4-10(8-11)19-12-9-13(20-14-6-1-2-7-18-14)17(24(27)28)16-15(12)21-29-22-16/h1-9,19H,(H,18,20). The molecule has 0 atom stereocenters. The molecule has 4 rings (SSSR count). The fraction of sp³-hybridized carbons (Fsp3) is 0. The third-order valence-corrected chi connectivity index (χ3v) is 3.96. The number of nitrogens with one attached hydrogen (secondary N) is 2. The molecule has 0 aliphatic rings. The van der Waals surface area contributed by atoms with Gasteiger partial charge in [-0.2, -0.15) is 0 Å². The zero-order chi connectivity index (χ0) is 20.4. The summed E-state index contributed by atoms with van der Waals surface area (Å²) in [6.07, 6.45) is 1.53. The predicted octanol–water partition coefficient (Wildman–Crippen LogP) is 3.92. The van der Waals surface area contributed by atoms with Gasteiger partial charge in [0.2, 0.25) is 5.52 Å². The van der Waals surface area contributed by atoms with Gasteiger partial charge < -0.3 is 10.6 Å². The molecule has 144 valence electrons. The van der Waals surface area contributed by atoms with E-state index in [2.05, 4.69) is 25.9 Å². The number of pyridine rings is 1. The molecule has 29 heavy (non-hydrogen) atoms. The lowest BCUT2D eigenvalue weighted by Crippen LogP contribution is -2.02. The highest BCUT2D eigenvalue weighted by Crippen LogP contribution is 2.39. The van der Waals surface area contributed by atoms with Gasteiger partial charge in [0, 0.05) is 24.0 Å². The van der Waals surface area contributed by atoms with Crippen LogP contribution < -0.4 is 10.6 Å². The van der Waals surface area contributed by atoms with Crippen LogP contribution in [0.25, 0.3) is 11.0 Å². The molecule has 12 heteroatoms. The molecule has 0 aliphatic heterocycles. The number of anilines is 4. The Hall–Kier alpha value is -4.61. The number of rotatable bonds is 6. The lowest BCUT2D eigenvalue weighted by atomic mass is 10.1. The molecule has 0 spiro atoms. The first-order chi connectivity index (χ1) is 14.0. The van der Waals surface area contributed by atoms with E-state index in [1.807, 2.05) is 0 Å². The van der Waals surface area contributed by atoms with E-state index in [9.17, 15) is 20.2 Å². The molecule has 0 saturated heterocycles. The molecule has 2 N–H and O–H groups in total. The Bertz CT molecular complexity index is 1230. The topological polar surface area (TPSA) is 162 Å². The van der Waals surface area contributed by atoms with Crippen LogP contribution in [0.5, 0.6) is 0 Å². The Morgan fingerprint density at radius 1 is 0.862 bits per heavy atom. The number of benzene rings is 2. The number of non-ortho nitro benzene ring substituents is 1. The van der Waals surface area contributed by atoms with Gasteiger partial charge in [0.1, 0.15) is 11.5 Å². The van der Waals surface area contributed by atoms with Gasteiger partial charge in [0.15, 0.2) is 5.52 Å². The van der Waals surface area contributed by atoms with E-state index >= 15 is 0 Å². The van der Waals surface area contributed by atoms with Crippen LogP contribution in [-0.4, -0.2) is 25.1 Å². The third-order valence-electron chi connectivity index (χ3n) is 3.96. The third kappa shape index (κ3) is 3.49. The molecule has 12 nitrogen and oxygen atoms in total. The fourth-order valence-electron chi connectivity index (χ4n) is 2.73. The van der Waals surface area contributed by atoms with Crippen molar-refractivity contribution in [3.63, 3.8) is 0 Å². The summed E-state index contributed by atoms with van der Waals surface area (Å²) in [5, 5.41) is 35.9. The van der Waals surface area contributed by atoms with Crippen LogP contribution in [0.2, 0.25) is 0 Å². The fourth-order valence-corrected chi connectivity index (χ4v) is 2.73. The van der Waals surface area contributed by atoms with Crippen LogP contribution in [0.4, 0.5) is 34.3 Å². The Kier molecular flexibility index (Phi) is 4.41. The van der Waals surface area contributed by atoms with Crippen molar-refractivity contribution < 1.29 is 14.5 Å². The summed E-state index contributed by atoms with van der Waals surface area (Å²) in [5.74, 6) is 0.382. The quantitative estimate of drug-likeness (QED) is 0.362. The summed E-state index contributed by atoms with van der Waals surface area (Å²) in [4.78, 5) is 25.6. The molecule has 0 aliphatic carbocycles. The van der Waals surface area contributed by atoms with Crippen molar-refractivity contribution in [2.45, 2.75) is 0 Å². The summed E-state index contributed by atoms with van der Waals surface area (Å²) >= 11 is 0. The molecule has 0 bridgehead atoms. The highest BCUT2D eigenvalue weighted by molar-refractivity contribution is 6.01. The van der Waals surface area contributed by atoms with E-state index in [-0.39, 0.29) is 28.1 Å². The van der Waals surface area contributed by atoms with Gasteiger partial charge in [0.25, 0.3) is 5.69 Å². The molecule has 0 amide bonds. The van der Waals surface area contributed by atoms with Gasteiger partial charge in [-0.15, -0.1) is 0 Å². The molecule has 0 radical (unpaired) electrons. The first kappa shape index (κ1) is 17.8. The predicted molar refractivity (Wildman–Crippen MR) is 102 cm³/mol. The van der Waals surface area contributed by atoms with E-state index < -0.39 is 9.85 Å². The van der Waals surface area contributed by atoms with Gasteiger partial charge in [0.05, 0.1) is 15.5 Å². The molecule has 2 aromatic heterocycles. The van der Waals surface area contributed by atoms with Crippen LogP contribution in [0, 0.1) is 20.2 Å². The number of nitrogens with zero attached hydrogens (tertiary/aromatic N) is 5. The number of nitro groups is 2. The number of aromatic nitrogens is 3. The van der Waals surface area contributed by atoms with E-state index in [0.29, 0.717) is 17.2 Å². The van der Waals surface area contributed by atoms with Crippen molar-refractivity contribution >= 4 is 45.3 Å². The summed E-state index contributed by atoms with van der Waals surface area (Å²) in [6.45, 7) is 0. The first-order valence-electron chi connectivity index (χ1n) is 8.16. The maximum absolute atomic E-state index is 11.7. The summed E-state index contributed by atoms with van der Waals surface area (Å²) in [5.41, 5.74) is 0.380. The first-order valence-corrected chi connectivity index (χ1v) is 8.16. The van der Waals surface area contributed by atoms with Crippen molar-refractivity contribution in [2.24, 2.45) is 0 Å². The number of hydrogen-bond donors (Lipinski definition) is 2. The Labute approximate surface area is 161 Å². The minimum absolute atomic E-state index is 0.0798. The Balaban J connectivity index is 1.83. The van der Waals surface area contributed by atoms with Crippen molar-refractivity contribution in [1.29, 1.82) is 0 Å². The van der Waals surface area contributed by atoms with Gasteiger partial charge in [-0.25, -0.2) is 9.61 Å². The molecule has 2 aromatic carbocycles. The van der Waals surface area contributed by atoms with Crippen LogP contribution in [-0.2, 0) is 0 Å². The summed E-state index contributed by atoms with van der Waals surface area (Å²) < 4.78 is 4.71. The molecular formula is C17H11N7O5. The minimum Gasteiger partial charge on any atom is -0.353 e. The molecule has 0 unspecified atom stereocenters. The van der Waals surface area contributed by atoms with Crippen LogP contribution >= 0.6 is 0 Å². The molecule has 2 heterocycles. The second kappa shape index (κ2) is 7.19. The largest absolute Gasteiger partial charge is 0.353 e. The maximum Gasteiger partial charge on any atom is 0.324 e. The zero-order valence-corrected chi connectivity index (χ0v) is 14.5.